The topological polar surface area (TPSA) is 41.1 Å². The normalized spacial score (nSPS) is 12.1. The van der Waals surface area contributed by atoms with Crippen molar-refractivity contribution in [1.82, 2.24) is 5.32 Å². The van der Waals surface area contributed by atoms with Gasteiger partial charge in [-0.2, -0.15) is 0 Å². The highest BCUT2D eigenvalue weighted by atomic mass is 19.2. The molecule has 6 heteroatoms. The van der Waals surface area contributed by atoms with Crippen LogP contribution in [0.5, 0.6) is 0 Å². The third-order valence-electron chi connectivity index (χ3n) is 2.35. The zero-order valence-electron chi connectivity index (χ0n) is 10.2. The van der Waals surface area contributed by atoms with Gasteiger partial charge in [-0.15, -0.1) is 0 Å². The largest absolute Gasteiger partial charge is 0.371 e. The molecule has 1 aromatic rings. The fourth-order valence-corrected chi connectivity index (χ4v) is 1.34. The Bertz CT molecular complexity index is 438. The van der Waals surface area contributed by atoms with E-state index in [9.17, 15) is 18.0 Å². The zero-order chi connectivity index (χ0) is 13.7. The van der Waals surface area contributed by atoms with Crippen LogP contribution in [-0.4, -0.2) is 18.5 Å². The van der Waals surface area contributed by atoms with Crippen LogP contribution >= 0.6 is 0 Å². The molecule has 0 aliphatic rings. The fourth-order valence-electron chi connectivity index (χ4n) is 1.34. The molecule has 0 bridgehead atoms. The number of hydrogen-bond donors (Lipinski definition) is 2. The lowest BCUT2D eigenvalue weighted by Crippen LogP contribution is -2.38. The molecule has 0 aliphatic heterocycles. The standard InChI is InChI=1S/C12H15F3N2O/c1-3-6-16-12(18)7(2)17-9-5-4-8(13)10(14)11(9)15/h4-5,7,17H,3,6H2,1-2H3,(H,16,18). The van der Waals surface area contributed by atoms with Crippen molar-refractivity contribution in [3.63, 3.8) is 0 Å². The molecule has 0 radical (unpaired) electrons. The van der Waals surface area contributed by atoms with E-state index in [0.717, 1.165) is 18.6 Å². The molecule has 18 heavy (non-hydrogen) atoms. The van der Waals surface area contributed by atoms with Gasteiger partial charge in [-0.25, -0.2) is 13.2 Å². The Morgan fingerprint density at radius 1 is 1.28 bits per heavy atom. The summed E-state index contributed by atoms with van der Waals surface area (Å²) in [5.41, 5.74) is -0.243. The van der Waals surface area contributed by atoms with Gasteiger partial charge in [0.05, 0.1) is 5.69 Å². The Balaban J connectivity index is 2.73. The number of halogens is 3. The first-order valence-electron chi connectivity index (χ1n) is 5.65. The Morgan fingerprint density at radius 3 is 2.56 bits per heavy atom. The van der Waals surface area contributed by atoms with Gasteiger partial charge in [-0.3, -0.25) is 4.79 Å². The van der Waals surface area contributed by atoms with Crippen LogP contribution in [0.2, 0.25) is 0 Å². The van der Waals surface area contributed by atoms with Crippen molar-refractivity contribution < 1.29 is 18.0 Å². The first-order chi connectivity index (χ1) is 8.47. The Labute approximate surface area is 103 Å². The molecule has 100 valence electrons. The highest BCUT2D eigenvalue weighted by Crippen LogP contribution is 2.20. The molecule has 1 atom stereocenters. The molecule has 1 aromatic carbocycles. The zero-order valence-corrected chi connectivity index (χ0v) is 10.2. The second-order valence-electron chi connectivity index (χ2n) is 3.88. The lowest BCUT2D eigenvalue weighted by atomic mass is 10.2. The average molecular weight is 260 g/mol. The van der Waals surface area contributed by atoms with E-state index >= 15 is 0 Å². The second kappa shape index (κ2) is 6.28. The molecule has 0 fully saturated rings. The van der Waals surface area contributed by atoms with Gasteiger partial charge in [-0.1, -0.05) is 6.92 Å². The van der Waals surface area contributed by atoms with E-state index in [-0.39, 0.29) is 11.6 Å². The average Bonchev–Trinajstić information content (AvgIpc) is 2.36. The van der Waals surface area contributed by atoms with Crippen molar-refractivity contribution in [3.05, 3.63) is 29.6 Å². The van der Waals surface area contributed by atoms with E-state index in [1.807, 2.05) is 6.92 Å². The first-order valence-corrected chi connectivity index (χ1v) is 5.65. The summed E-state index contributed by atoms with van der Waals surface area (Å²) in [4.78, 5) is 11.5. The molecule has 0 spiro atoms. The van der Waals surface area contributed by atoms with Crippen molar-refractivity contribution >= 4 is 11.6 Å². The molecule has 0 aromatic heterocycles. The SMILES string of the molecule is CCCNC(=O)C(C)Nc1ccc(F)c(F)c1F. The summed E-state index contributed by atoms with van der Waals surface area (Å²) >= 11 is 0. The summed E-state index contributed by atoms with van der Waals surface area (Å²) in [6.45, 7) is 3.91. The lowest BCUT2D eigenvalue weighted by Gasteiger charge is -2.15. The monoisotopic (exact) mass is 260 g/mol. The minimum absolute atomic E-state index is 0.243. The Kier molecular flexibility index (Phi) is 5.00. The van der Waals surface area contributed by atoms with Crippen LogP contribution in [0, 0.1) is 17.5 Å². The van der Waals surface area contributed by atoms with Crippen LogP contribution in [0.1, 0.15) is 20.3 Å². The number of benzene rings is 1. The van der Waals surface area contributed by atoms with E-state index in [4.69, 9.17) is 0 Å². The van der Waals surface area contributed by atoms with Gasteiger partial charge in [0.2, 0.25) is 5.91 Å². The van der Waals surface area contributed by atoms with Crippen LogP contribution in [0.3, 0.4) is 0 Å². The molecule has 0 heterocycles. The predicted molar refractivity (Wildman–Crippen MR) is 62.7 cm³/mol. The van der Waals surface area contributed by atoms with Crippen molar-refractivity contribution in [2.24, 2.45) is 0 Å². The van der Waals surface area contributed by atoms with E-state index in [0.29, 0.717) is 6.54 Å². The van der Waals surface area contributed by atoms with Gasteiger partial charge in [-0.05, 0) is 25.5 Å². The van der Waals surface area contributed by atoms with Gasteiger partial charge in [0.25, 0.3) is 0 Å². The summed E-state index contributed by atoms with van der Waals surface area (Å²) < 4.78 is 39.0. The summed E-state index contributed by atoms with van der Waals surface area (Å²) in [6.07, 6.45) is 0.776. The van der Waals surface area contributed by atoms with E-state index < -0.39 is 23.5 Å². The molecule has 1 unspecified atom stereocenters. The third-order valence-corrected chi connectivity index (χ3v) is 2.35. The van der Waals surface area contributed by atoms with Crippen LogP contribution < -0.4 is 10.6 Å². The van der Waals surface area contributed by atoms with Gasteiger partial charge in [0, 0.05) is 6.54 Å². The van der Waals surface area contributed by atoms with Gasteiger partial charge in [0.1, 0.15) is 6.04 Å². The van der Waals surface area contributed by atoms with E-state index in [2.05, 4.69) is 10.6 Å². The summed E-state index contributed by atoms with van der Waals surface area (Å²) in [7, 11) is 0. The maximum absolute atomic E-state index is 13.3. The highest BCUT2D eigenvalue weighted by Gasteiger charge is 2.17. The Morgan fingerprint density at radius 2 is 1.94 bits per heavy atom. The van der Waals surface area contributed by atoms with Crippen molar-refractivity contribution in [3.8, 4) is 0 Å². The number of hydrogen-bond acceptors (Lipinski definition) is 2. The number of rotatable bonds is 5. The van der Waals surface area contributed by atoms with Crippen LogP contribution in [-0.2, 0) is 4.79 Å². The summed E-state index contributed by atoms with van der Waals surface area (Å²) in [5, 5.41) is 5.10. The minimum Gasteiger partial charge on any atom is -0.371 e. The van der Waals surface area contributed by atoms with Crippen molar-refractivity contribution in [1.29, 1.82) is 0 Å². The first kappa shape index (κ1) is 14.3. The van der Waals surface area contributed by atoms with Crippen LogP contribution in [0.4, 0.5) is 18.9 Å². The molecular weight excluding hydrogens is 245 g/mol. The number of anilines is 1. The van der Waals surface area contributed by atoms with Crippen molar-refractivity contribution in [2.45, 2.75) is 26.3 Å². The third kappa shape index (κ3) is 3.38. The molecule has 0 aliphatic carbocycles. The summed E-state index contributed by atoms with van der Waals surface area (Å²) in [6, 6.07) is 1.12. The van der Waals surface area contributed by atoms with E-state index in [1.165, 1.54) is 6.92 Å². The van der Waals surface area contributed by atoms with E-state index in [1.54, 1.807) is 0 Å². The molecule has 0 saturated carbocycles. The number of carbonyl (C=O) groups is 1. The fraction of sp³-hybridized carbons (Fsp3) is 0.417. The van der Waals surface area contributed by atoms with Crippen LogP contribution in [0.15, 0.2) is 12.1 Å². The van der Waals surface area contributed by atoms with Crippen molar-refractivity contribution in [2.75, 3.05) is 11.9 Å². The molecule has 0 saturated heterocycles. The minimum atomic E-state index is -1.55. The molecule has 1 amide bonds. The smallest absolute Gasteiger partial charge is 0.242 e. The maximum Gasteiger partial charge on any atom is 0.242 e. The van der Waals surface area contributed by atoms with Gasteiger partial charge in [0.15, 0.2) is 17.5 Å². The van der Waals surface area contributed by atoms with Gasteiger partial charge < -0.3 is 10.6 Å². The summed E-state index contributed by atoms with van der Waals surface area (Å²) in [5.74, 6) is -4.48. The number of carbonyl (C=O) groups excluding carboxylic acids is 1. The van der Waals surface area contributed by atoms with Crippen LogP contribution in [0.25, 0.3) is 0 Å². The maximum atomic E-state index is 13.3. The lowest BCUT2D eigenvalue weighted by molar-refractivity contribution is -0.121. The predicted octanol–water partition coefficient (Wildman–Crippen LogP) is 2.43. The highest BCUT2D eigenvalue weighted by molar-refractivity contribution is 5.84. The molecule has 2 N–H and O–H groups in total. The second-order valence-corrected chi connectivity index (χ2v) is 3.88. The quantitative estimate of drug-likeness (QED) is 0.798. The Hall–Kier alpha value is -1.72. The van der Waals surface area contributed by atoms with Gasteiger partial charge >= 0.3 is 0 Å². The number of nitrogens with one attached hydrogen (secondary N) is 2. The molecular formula is C12H15F3N2O. The molecule has 3 nitrogen and oxygen atoms in total. The number of amides is 1. The molecule has 1 rings (SSSR count).